The van der Waals surface area contributed by atoms with Crippen LogP contribution >= 0.6 is 0 Å². The Kier molecular flexibility index (Phi) is 8.39. The second-order valence-electron chi connectivity index (χ2n) is 9.21. The van der Waals surface area contributed by atoms with Gasteiger partial charge in [-0.25, -0.2) is 0 Å². The Labute approximate surface area is 208 Å². The molecule has 0 unspecified atom stereocenters. The summed E-state index contributed by atoms with van der Waals surface area (Å²) in [6.45, 7) is 7.93. The number of aliphatic hydroxyl groups is 1. The molecule has 8 heteroatoms. The minimum absolute atomic E-state index is 0.0916. The van der Waals surface area contributed by atoms with Crippen molar-refractivity contribution in [3.63, 3.8) is 0 Å². The van der Waals surface area contributed by atoms with Crippen LogP contribution in [0.5, 0.6) is 17.2 Å². The number of rotatable bonds is 7. The number of carbonyl (C=O) groups is 1. The number of nitrogens with zero attached hydrogens (tertiary/aromatic N) is 1. The molecule has 1 aliphatic heterocycles. The van der Waals surface area contributed by atoms with Crippen molar-refractivity contribution in [1.82, 2.24) is 4.90 Å². The Balaban J connectivity index is 2.02. The summed E-state index contributed by atoms with van der Waals surface area (Å²) < 4.78 is 23.5. The van der Waals surface area contributed by atoms with E-state index in [1.54, 1.807) is 28.3 Å². The molecule has 0 bridgehead atoms. The third-order valence-electron chi connectivity index (χ3n) is 5.70. The van der Waals surface area contributed by atoms with Crippen molar-refractivity contribution in [3.05, 3.63) is 47.0 Å². The fourth-order valence-electron chi connectivity index (χ4n) is 4.09. The molecule has 186 valence electrons. The molecular formula is C26H35NO6Se. The first-order valence-corrected chi connectivity index (χ1v) is 13.4. The molecule has 1 N–H and O–H groups in total. The van der Waals surface area contributed by atoms with Gasteiger partial charge in [0.1, 0.15) is 0 Å². The standard InChI is InChI=1S/C26H35NO6Se/c1-16(28)18-9-8-10-21(30-5)24(18)34-15-20-19-14-23(32-7)22(31-6)13-17(19)11-12-27(20)25(29)33-26(2,3)4/h8-10,13-14,16,20,28H,11-12,15H2,1-7H3/t16-,20-/m0/s1. The van der Waals surface area contributed by atoms with Crippen molar-refractivity contribution in [3.8, 4) is 17.2 Å². The first-order chi connectivity index (χ1) is 16.1. The molecule has 0 saturated heterocycles. The molecule has 34 heavy (non-hydrogen) atoms. The normalized spacial score (nSPS) is 16.5. The fourth-order valence-corrected chi connectivity index (χ4v) is 6.99. The zero-order valence-electron chi connectivity index (χ0n) is 21.0. The van der Waals surface area contributed by atoms with Gasteiger partial charge in [-0.1, -0.05) is 0 Å². The first-order valence-electron chi connectivity index (χ1n) is 11.3. The Bertz CT molecular complexity index is 1020. The van der Waals surface area contributed by atoms with Gasteiger partial charge >= 0.3 is 209 Å². The average Bonchev–Trinajstić information content (AvgIpc) is 2.79. The van der Waals surface area contributed by atoms with Gasteiger partial charge in [-0.15, -0.1) is 0 Å². The molecule has 2 aromatic carbocycles. The van der Waals surface area contributed by atoms with Crippen LogP contribution in [0, 0.1) is 0 Å². The monoisotopic (exact) mass is 537 g/mol. The van der Waals surface area contributed by atoms with Crippen LogP contribution in [0.1, 0.15) is 56.5 Å². The van der Waals surface area contributed by atoms with Crippen LogP contribution in [0.4, 0.5) is 4.79 Å². The Morgan fingerprint density at radius 2 is 1.76 bits per heavy atom. The molecule has 2 atom stereocenters. The number of hydrogen-bond donors (Lipinski definition) is 1. The Hall–Kier alpha value is -2.41. The van der Waals surface area contributed by atoms with Gasteiger partial charge in [0.15, 0.2) is 0 Å². The molecule has 0 aromatic heterocycles. The third kappa shape index (κ3) is 5.80. The quantitative estimate of drug-likeness (QED) is 0.539. The van der Waals surface area contributed by atoms with E-state index in [-0.39, 0.29) is 27.1 Å². The van der Waals surface area contributed by atoms with Gasteiger partial charge in [0.25, 0.3) is 0 Å². The van der Waals surface area contributed by atoms with E-state index in [1.807, 2.05) is 56.0 Å². The Morgan fingerprint density at radius 3 is 2.35 bits per heavy atom. The molecular weight excluding hydrogens is 501 g/mol. The molecule has 0 spiro atoms. The van der Waals surface area contributed by atoms with Crippen molar-refractivity contribution < 1.29 is 28.8 Å². The van der Waals surface area contributed by atoms with Crippen molar-refractivity contribution in [2.75, 3.05) is 27.9 Å². The number of ether oxygens (including phenoxy) is 4. The Morgan fingerprint density at radius 1 is 1.12 bits per heavy atom. The number of methoxy groups -OCH3 is 3. The van der Waals surface area contributed by atoms with Gasteiger partial charge in [-0.05, 0) is 0 Å². The number of benzene rings is 2. The van der Waals surface area contributed by atoms with E-state index in [4.69, 9.17) is 18.9 Å². The third-order valence-corrected chi connectivity index (χ3v) is 8.23. The predicted molar refractivity (Wildman–Crippen MR) is 133 cm³/mol. The van der Waals surface area contributed by atoms with Crippen molar-refractivity contribution in [2.24, 2.45) is 0 Å². The molecule has 7 nitrogen and oxygen atoms in total. The van der Waals surface area contributed by atoms with Crippen LogP contribution in [0.2, 0.25) is 5.32 Å². The first kappa shape index (κ1) is 26.2. The number of amides is 1. The van der Waals surface area contributed by atoms with E-state index in [2.05, 4.69) is 0 Å². The van der Waals surface area contributed by atoms with Gasteiger partial charge in [-0.2, -0.15) is 0 Å². The van der Waals surface area contributed by atoms with Crippen LogP contribution in [0.15, 0.2) is 30.3 Å². The topological polar surface area (TPSA) is 77.5 Å². The number of hydrogen-bond acceptors (Lipinski definition) is 6. The van der Waals surface area contributed by atoms with Gasteiger partial charge in [0, 0.05) is 0 Å². The van der Waals surface area contributed by atoms with Crippen LogP contribution in [-0.4, -0.2) is 64.5 Å². The van der Waals surface area contributed by atoms with Crippen LogP contribution in [0.25, 0.3) is 0 Å². The molecule has 1 heterocycles. The predicted octanol–water partition coefficient (Wildman–Crippen LogP) is 4.05. The van der Waals surface area contributed by atoms with E-state index in [9.17, 15) is 9.90 Å². The van der Waals surface area contributed by atoms with Crippen molar-refractivity contribution in [2.45, 2.75) is 57.2 Å². The SMILES string of the molecule is COc1cc2c(cc1OC)[C@H](C[Se]c1c(OC)cccc1[C@H](C)O)N(C(=O)OC(C)(C)C)CC2. The van der Waals surface area contributed by atoms with E-state index < -0.39 is 11.7 Å². The van der Waals surface area contributed by atoms with E-state index in [1.165, 1.54) is 0 Å². The van der Waals surface area contributed by atoms with Crippen LogP contribution in [-0.2, 0) is 11.2 Å². The molecule has 3 rings (SSSR count). The second-order valence-corrected chi connectivity index (χ2v) is 11.4. The summed E-state index contributed by atoms with van der Waals surface area (Å²) in [4.78, 5) is 15.0. The molecule has 0 fully saturated rings. The number of aliphatic hydroxyl groups excluding tert-OH is 1. The molecule has 1 aliphatic rings. The van der Waals surface area contributed by atoms with Gasteiger partial charge in [0.2, 0.25) is 0 Å². The molecule has 0 saturated carbocycles. The fraction of sp³-hybridized carbons (Fsp3) is 0.500. The van der Waals surface area contributed by atoms with E-state index in [0.29, 0.717) is 29.8 Å². The van der Waals surface area contributed by atoms with E-state index in [0.717, 1.165) is 26.9 Å². The zero-order chi connectivity index (χ0) is 25.0. The maximum atomic E-state index is 13.2. The second kappa shape index (κ2) is 10.9. The molecule has 0 radical (unpaired) electrons. The number of carbonyl (C=O) groups excluding carboxylic acids is 1. The molecule has 1 amide bonds. The van der Waals surface area contributed by atoms with Crippen LogP contribution < -0.4 is 18.7 Å². The van der Waals surface area contributed by atoms with Crippen molar-refractivity contribution >= 4 is 25.5 Å². The van der Waals surface area contributed by atoms with Gasteiger partial charge < -0.3 is 0 Å². The summed E-state index contributed by atoms with van der Waals surface area (Å²) in [6, 6.07) is 9.51. The minimum atomic E-state index is -0.614. The molecule has 0 aliphatic carbocycles. The average molecular weight is 537 g/mol. The maximum absolute atomic E-state index is 13.2. The van der Waals surface area contributed by atoms with Gasteiger partial charge in [0.05, 0.1) is 0 Å². The summed E-state index contributed by atoms with van der Waals surface area (Å²) in [5, 5.41) is 11.0. The molecule has 2 aromatic rings. The zero-order valence-corrected chi connectivity index (χ0v) is 22.7. The summed E-state index contributed by atoms with van der Waals surface area (Å²) in [5.74, 6) is 2.06. The van der Waals surface area contributed by atoms with Gasteiger partial charge in [-0.3, -0.25) is 0 Å². The summed E-state index contributed by atoms with van der Waals surface area (Å²) in [7, 11) is 4.88. The summed E-state index contributed by atoms with van der Waals surface area (Å²) >= 11 is -0.0916. The summed E-state index contributed by atoms with van der Waals surface area (Å²) in [5.41, 5.74) is 2.43. The van der Waals surface area contributed by atoms with E-state index >= 15 is 0 Å². The summed E-state index contributed by atoms with van der Waals surface area (Å²) in [6.07, 6.45) is -0.243. The van der Waals surface area contributed by atoms with Crippen molar-refractivity contribution in [1.29, 1.82) is 0 Å². The van der Waals surface area contributed by atoms with Crippen LogP contribution in [0.3, 0.4) is 0 Å². The number of fused-ring (bicyclic) bond motifs is 1.